The Hall–Kier alpha value is -3.05. The maximum atomic E-state index is 13.0. The summed E-state index contributed by atoms with van der Waals surface area (Å²) in [6.45, 7) is 4.82. The summed E-state index contributed by atoms with van der Waals surface area (Å²) in [6, 6.07) is 29.3. The Morgan fingerprint density at radius 2 is 1.16 bits per heavy atom. The van der Waals surface area contributed by atoms with Gasteiger partial charge in [-0.05, 0) is 16.7 Å². The van der Waals surface area contributed by atoms with Gasteiger partial charge < -0.3 is 14.2 Å². The van der Waals surface area contributed by atoms with Gasteiger partial charge in [0.1, 0.15) is 18.8 Å². The predicted octanol–water partition coefficient (Wildman–Crippen LogP) is 5.13. The SMILES string of the molecule is C=C[C@@H](OCc1ccccc1)[C@H](OCc1ccccc1)C(=O)COCc1ccccc1. The first-order chi connectivity index (χ1) is 15.3. The second-order valence-corrected chi connectivity index (χ2v) is 7.16. The van der Waals surface area contributed by atoms with E-state index in [1.165, 1.54) is 0 Å². The van der Waals surface area contributed by atoms with Gasteiger partial charge in [-0.1, -0.05) is 97.1 Å². The molecule has 0 aliphatic heterocycles. The van der Waals surface area contributed by atoms with Crippen LogP contribution in [-0.2, 0) is 38.8 Å². The fraction of sp³-hybridized carbons (Fsp3) is 0.222. The average Bonchev–Trinajstić information content (AvgIpc) is 2.83. The lowest BCUT2D eigenvalue weighted by Gasteiger charge is -2.24. The molecule has 0 bridgehead atoms. The van der Waals surface area contributed by atoms with E-state index in [0.29, 0.717) is 19.8 Å². The Bertz CT molecular complexity index is 910. The Kier molecular flexibility index (Phi) is 9.20. The van der Waals surface area contributed by atoms with Crippen molar-refractivity contribution in [1.29, 1.82) is 0 Å². The monoisotopic (exact) mass is 416 g/mol. The lowest BCUT2D eigenvalue weighted by Crippen LogP contribution is -2.39. The second kappa shape index (κ2) is 12.6. The Balaban J connectivity index is 1.62. The first-order valence-electron chi connectivity index (χ1n) is 10.3. The molecule has 0 N–H and O–H groups in total. The molecular formula is C27H28O4. The minimum Gasteiger partial charge on any atom is -0.369 e. The van der Waals surface area contributed by atoms with E-state index in [1.807, 2.05) is 91.0 Å². The van der Waals surface area contributed by atoms with Crippen molar-refractivity contribution < 1.29 is 19.0 Å². The molecule has 31 heavy (non-hydrogen) atoms. The number of ketones is 1. The number of Topliss-reactive ketones (excluding diaryl/α,β-unsaturated/α-hetero) is 1. The molecule has 2 atom stereocenters. The molecule has 0 fully saturated rings. The highest BCUT2D eigenvalue weighted by molar-refractivity contribution is 5.85. The largest absolute Gasteiger partial charge is 0.369 e. The van der Waals surface area contributed by atoms with E-state index in [4.69, 9.17) is 14.2 Å². The quantitative estimate of drug-likeness (QED) is 0.363. The molecule has 3 rings (SSSR count). The number of ether oxygens (including phenoxy) is 3. The molecule has 0 unspecified atom stereocenters. The van der Waals surface area contributed by atoms with Crippen molar-refractivity contribution in [3.63, 3.8) is 0 Å². The molecule has 4 nitrogen and oxygen atoms in total. The van der Waals surface area contributed by atoms with E-state index in [-0.39, 0.29) is 12.4 Å². The van der Waals surface area contributed by atoms with Gasteiger partial charge >= 0.3 is 0 Å². The molecule has 3 aromatic carbocycles. The standard InChI is InChI=1S/C27H28O4/c1-2-26(30-19-23-14-8-4-9-15-23)27(31-20-24-16-10-5-11-17-24)25(28)21-29-18-22-12-6-3-7-13-22/h2-17,26-27H,1,18-21H2/t26-,27-/m1/s1. The van der Waals surface area contributed by atoms with E-state index < -0.39 is 12.2 Å². The van der Waals surface area contributed by atoms with Crippen molar-refractivity contribution in [1.82, 2.24) is 0 Å². The van der Waals surface area contributed by atoms with Gasteiger partial charge in [0.2, 0.25) is 0 Å². The molecule has 0 heterocycles. The number of carbonyl (C=O) groups is 1. The van der Waals surface area contributed by atoms with Crippen LogP contribution in [0.2, 0.25) is 0 Å². The van der Waals surface area contributed by atoms with Crippen LogP contribution < -0.4 is 0 Å². The van der Waals surface area contributed by atoms with E-state index in [1.54, 1.807) is 6.08 Å². The molecule has 0 radical (unpaired) electrons. The van der Waals surface area contributed by atoms with Crippen LogP contribution in [0.4, 0.5) is 0 Å². The molecule has 0 saturated carbocycles. The van der Waals surface area contributed by atoms with Crippen LogP contribution in [0.25, 0.3) is 0 Å². The molecule has 0 aliphatic carbocycles. The number of rotatable bonds is 13. The number of hydrogen-bond acceptors (Lipinski definition) is 4. The summed E-state index contributed by atoms with van der Waals surface area (Å²) in [7, 11) is 0. The van der Waals surface area contributed by atoms with Gasteiger partial charge in [-0.3, -0.25) is 4.79 Å². The summed E-state index contributed by atoms with van der Waals surface area (Å²) in [6.07, 6.45) is 0.224. The fourth-order valence-electron chi connectivity index (χ4n) is 3.10. The van der Waals surface area contributed by atoms with Gasteiger partial charge in [0.25, 0.3) is 0 Å². The normalized spacial score (nSPS) is 12.8. The van der Waals surface area contributed by atoms with Crippen molar-refractivity contribution in [2.75, 3.05) is 6.61 Å². The summed E-state index contributed by atoms with van der Waals surface area (Å²) < 4.78 is 17.7. The smallest absolute Gasteiger partial charge is 0.190 e. The molecule has 0 saturated heterocycles. The van der Waals surface area contributed by atoms with Crippen molar-refractivity contribution >= 4 is 5.78 Å². The lowest BCUT2D eigenvalue weighted by molar-refractivity contribution is -0.146. The van der Waals surface area contributed by atoms with Crippen LogP contribution in [0.15, 0.2) is 104 Å². The van der Waals surface area contributed by atoms with Gasteiger partial charge in [0, 0.05) is 0 Å². The van der Waals surface area contributed by atoms with Crippen LogP contribution in [0, 0.1) is 0 Å². The van der Waals surface area contributed by atoms with Crippen molar-refractivity contribution in [3.05, 3.63) is 120 Å². The summed E-state index contributed by atoms with van der Waals surface area (Å²) in [5.41, 5.74) is 3.01. The third-order valence-corrected chi connectivity index (χ3v) is 4.76. The maximum Gasteiger partial charge on any atom is 0.190 e. The molecule has 0 amide bonds. The van der Waals surface area contributed by atoms with Gasteiger partial charge in [0.15, 0.2) is 5.78 Å². The van der Waals surface area contributed by atoms with Gasteiger partial charge in [-0.25, -0.2) is 0 Å². The zero-order valence-corrected chi connectivity index (χ0v) is 17.6. The molecular weight excluding hydrogens is 388 g/mol. The average molecular weight is 417 g/mol. The number of hydrogen-bond donors (Lipinski definition) is 0. The minimum absolute atomic E-state index is 0.0621. The molecule has 4 heteroatoms. The van der Waals surface area contributed by atoms with Gasteiger partial charge in [0.05, 0.1) is 19.8 Å². The zero-order chi connectivity index (χ0) is 21.7. The molecule has 0 aromatic heterocycles. The Morgan fingerprint density at radius 3 is 1.65 bits per heavy atom. The highest BCUT2D eigenvalue weighted by Crippen LogP contribution is 2.14. The summed E-state index contributed by atoms with van der Waals surface area (Å²) in [5, 5.41) is 0. The van der Waals surface area contributed by atoms with Crippen molar-refractivity contribution in [3.8, 4) is 0 Å². The first kappa shape index (κ1) is 22.6. The van der Waals surface area contributed by atoms with Gasteiger partial charge in [-0.2, -0.15) is 0 Å². The van der Waals surface area contributed by atoms with Crippen LogP contribution in [-0.4, -0.2) is 24.6 Å². The number of benzene rings is 3. The van der Waals surface area contributed by atoms with E-state index in [0.717, 1.165) is 16.7 Å². The summed E-state index contributed by atoms with van der Waals surface area (Å²) in [5.74, 6) is -0.176. The van der Waals surface area contributed by atoms with Crippen LogP contribution in [0.1, 0.15) is 16.7 Å². The molecule has 0 spiro atoms. The third kappa shape index (κ3) is 7.61. The fourth-order valence-corrected chi connectivity index (χ4v) is 3.10. The van der Waals surface area contributed by atoms with Crippen molar-refractivity contribution in [2.45, 2.75) is 32.0 Å². The van der Waals surface area contributed by atoms with Crippen LogP contribution in [0.5, 0.6) is 0 Å². The van der Waals surface area contributed by atoms with Crippen LogP contribution >= 0.6 is 0 Å². The topological polar surface area (TPSA) is 44.8 Å². The first-order valence-corrected chi connectivity index (χ1v) is 10.3. The summed E-state index contributed by atoms with van der Waals surface area (Å²) >= 11 is 0. The van der Waals surface area contributed by atoms with E-state index in [9.17, 15) is 4.79 Å². The minimum atomic E-state index is -0.808. The Morgan fingerprint density at radius 1 is 0.710 bits per heavy atom. The van der Waals surface area contributed by atoms with Crippen LogP contribution in [0.3, 0.4) is 0 Å². The number of carbonyl (C=O) groups excluding carboxylic acids is 1. The predicted molar refractivity (Wildman–Crippen MR) is 121 cm³/mol. The van der Waals surface area contributed by atoms with E-state index >= 15 is 0 Å². The Labute approximate surface area is 184 Å². The maximum absolute atomic E-state index is 13.0. The van der Waals surface area contributed by atoms with E-state index in [2.05, 4.69) is 6.58 Å². The second-order valence-electron chi connectivity index (χ2n) is 7.16. The van der Waals surface area contributed by atoms with Gasteiger partial charge in [-0.15, -0.1) is 6.58 Å². The van der Waals surface area contributed by atoms with Crippen molar-refractivity contribution in [2.24, 2.45) is 0 Å². The highest BCUT2D eigenvalue weighted by Gasteiger charge is 2.28. The molecule has 160 valence electrons. The molecule has 3 aromatic rings. The highest BCUT2D eigenvalue weighted by atomic mass is 16.5. The summed E-state index contributed by atoms with van der Waals surface area (Å²) in [4.78, 5) is 13.0. The zero-order valence-electron chi connectivity index (χ0n) is 17.6. The molecule has 0 aliphatic rings. The third-order valence-electron chi connectivity index (χ3n) is 4.76. The lowest BCUT2D eigenvalue weighted by atomic mass is 10.1.